The topological polar surface area (TPSA) is 52.6 Å². The summed E-state index contributed by atoms with van der Waals surface area (Å²) in [5.74, 6) is 0.574. The number of halogens is 1. The number of carbonyl (C=O) groups is 1. The van der Waals surface area contributed by atoms with Crippen LogP contribution in [0.3, 0.4) is 0 Å². The van der Waals surface area contributed by atoms with E-state index in [1.165, 1.54) is 25.0 Å². The van der Waals surface area contributed by atoms with E-state index in [-0.39, 0.29) is 11.7 Å². The molecule has 138 valence electrons. The van der Waals surface area contributed by atoms with E-state index in [1.54, 1.807) is 12.1 Å². The van der Waals surface area contributed by atoms with Crippen LogP contribution >= 0.6 is 0 Å². The van der Waals surface area contributed by atoms with Crippen LogP contribution in [-0.4, -0.2) is 41.6 Å². The molecule has 3 rings (SSSR count). The highest BCUT2D eigenvalue weighted by molar-refractivity contribution is 5.78. The van der Waals surface area contributed by atoms with E-state index < -0.39 is 5.60 Å². The van der Waals surface area contributed by atoms with Crippen molar-refractivity contribution in [1.82, 2.24) is 10.2 Å². The van der Waals surface area contributed by atoms with E-state index in [1.807, 2.05) is 0 Å². The summed E-state index contributed by atoms with van der Waals surface area (Å²) in [6.45, 7) is 4.01. The SMILES string of the molecule is CC1CCC(NC(=O)CN2CCC(O)(c3ccc(F)cc3)CC2)CC1. The van der Waals surface area contributed by atoms with E-state index in [4.69, 9.17) is 0 Å². The molecule has 5 heteroatoms. The lowest BCUT2D eigenvalue weighted by molar-refractivity contribution is -0.124. The minimum absolute atomic E-state index is 0.0896. The Morgan fingerprint density at radius 2 is 1.80 bits per heavy atom. The number of benzene rings is 1. The van der Waals surface area contributed by atoms with E-state index in [0.29, 0.717) is 38.5 Å². The average Bonchev–Trinajstić information content (AvgIpc) is 2.60. The van der Waals surface area contributed by atoms with Gasteiger partial charge in [-0.05, 0) is 62.1 Å². The first-order chi connectivity index (χ1) is 11.9. The van der Waals surface area contributed by atoms with Gasteiger partial charge in [0, 0.05) is 19.1 Å². The van der Waals surface area contributed by atoms with E-state index in [2.05, 4.69) is 17.1 Å². The van der Waals surface area contributed by atoms with Crippen molar-refractivity contribution in [3.63, 3.8) is 0 Å². The summed E-state index contributed by atoms with van der Waals surface area (Å²) < 4.78 is 13.1. The van der Waals surface area contributed by atoms with Crippen LogP contribution in [0.25, 0.3) is 0 Å². The zero-order chi connectivity index (χ0) is 17.9. The molecule has 0 unspecified atom stereocenters. The van der Waals surface area contributed by atoms with Crippen molar-refractivity contribution in [2.75, 3.05) is 19.6 Å². The van der Waals surface area contributed by atoms with Gasteiger partial charge in [-0.3, -0.25) is 9.69 Å². The molecule has 1 aliphatic heterocycles. The average molecular weight is 348 g/mol. The van der Waals surface area contributed by atoms with Crippen molar-refractivity contribution >= 4 is 5.91 Å². The Labute approximate surface area is 149 Å². The first kappa shape index (κ1) is 18.3. The predicted octanol–water partition coefficient (Wildman–Crippen LogP) is 2.80. The molecule has 0 spiro atoms. The number of likely N-dealkylation sites (tertiary alicyclic amines) is 1. The molecule has 1 saturated heterocycles. The minimum atomic E-state index is -0.916. The maximum atomic E-state index is 13.1. The fourth-order valence-corrected chi connectivity index (χ4v) is 4.01. The number of piperidine rings is 1. The van der Waals surface area contributed by atoms with Gasteiger partial charge < -0.3 is 10.4 Å². The molecule has 1 amide bonds. The van der Waals surface area contributed by atoms with Gasteiger partial charge in [0.1, 0.15) is 5.82 Å². The third kappa shape index (κ3) is 4.79. The van der Waals surface area contributed by atoms with Gasteiger partial charge in [-0.15, -0.1) is 0 Å². The van der Waals surface area contributed by atoms with Crippen molar-refractivity contribution in [2.24, 2.45) is 5.92 Å². The molecule has 0 atom stereocenters. The number of aliphatic hydroxyl groups is 1. The predicted molar refractivity (Wildman–Crippen MR) is 95.5 cm³/mol. The first-order valence-electron chi connectivity index (χ1n) is 9.45. The highest BCUT2D eigenvalue weighted by Crippen LogP contribution is 2.32. The fourth-order valence-electron chi connectivity index (χ4n) is 4.01. The Hall–Kier alpha value is -1.46. The van der Waals surface area contributed by atoms with Crippen LogP contribution in [0.1, 0.15) is 51.0 Å². The molecule has 2 N–H and O–H groups in total. The normalized spacial score (nSPS) is 27.0. The molecule has 1 saturated carbocycles. The molecule has 1 aliphatic carbocycles. The number of nitrogens with one attached hydrogen (secondary N) is 1. The van der Waals surface area contributed by atoms with Crippen molar-refractivity contribution in [3.05, 3.63) is 35.6 Å². The van der Waals surface area contributed by atoms with Crippen LogP contribution in [0.4, 0.5) is 4.39 Å². The molecule has 1 aromatic rings. The number of hydrogen-bond donors (Lipinski definition) is 2. The molecule has 4 nitrogen and oxygen atoms in total. The van der Waals surface area contributed by atoms with Gasteiger partial charge in [-0.2, -0.15) is 0 Å². The number of amides is 1. The summed E-state index contributed by atoms with van der Waals surface area (Å²) in [6, 6.07) is 6.41. The molecule has 0 aromatic heterocycles. The Bertz CT molecular complexity index is 574. The smallest absolute Gasteiger partial charge is 0.234 e. The summed E-state index contributed by atoms with van der Waals surface area (Å²) in [5.41, 5.74) is -0.158. The third-order valence-corrected chi connectivity index (χ3v) is 5.81. The van der Waals surface area contributed by atoms with Crippen LogP contribution in [0.2, 0.25) is 0 Å². The molecule has 0 bridgehead atoms. The lowest BCUT2D eigenvalue weighted by Crippen LogP contribution is -2.48. The maximum Gasteiger partial charge on any atom is 0.234 e. The van der Waals surface area contributed by atoms with Crippen molar-refractivity contribution in [2.45, 2.75) is 57.1 Å². The van der Waals surface area contributed by atoms with Gasteiger partial charge in [-0.25, -0.2) is 4.39 Å². The molecule has 2 aliphatic rings. The largest absolute Gasteiger partial charge is 0.385 e. The molecule has 25 heavy (non-hydrogen) atoms. The second-order valence-corrected chi connectivity index (χ2v) is 7.84. The van der Waals surface area contributed by atoms with Crippen molar-refractivity contribution in [3.8, 4) is 0 Å². The van der Waals surface area contributed by atoms with Crippen LogP contribution in [0, 0.1) is 11.7 Å². The molecular formula is C20H29FN2O2. The number of carbonyl (C=O) groups excluding carboxylic acids is 1. The Morgan fingerprint density at radius 1 is 1.20 bits per heavy atom. The summed E-state index contributed by atoms with van der Waals surface area (Å²) in [7, 11) is 0. The molecule has 0 radical (unpaired) electrons. The molecule has 2 fully saturated rings. The monoisotopic (exact) mass is 348 g/mol. The standard InChI is InChI=1S/C20H29FN2O2/c1-15-2-8-18(9-3-15)22-19(24)14-23-12-10-20(25,11-13-23)16-4-6-17(21)7-5-16/h4-7,15,18,25H,2-3,8-14H2,1H3,(H,22,24). The summed E-state index contributed by atoms with van der Waals surface area (Å²) >= 11 is 0. The van der Waals surface area contributed by atoms with Gasteiger partial charge in [0.25, 0.3) is 0 Å². The summed E-state index contributed by atoms with van der Waals surface area (Å²) in [6.07, 6.45) is 5.67. The highest BCUT2D eigenvalue weighted by Gasteiger charge is 2.34. The van der Waals surface area contributed by atoms with Gasteiger partial charge in [-0.1, -0.05) is 19.1 Å². The summed E-state index contributed by atoms with van der Waals surface area (Å²) in [4.78, 5) is 14.4. The van der Waals surface area contributed by atoms with Gasteiger partial charge >= 0.3 is 0 Å². The zero-order valence-corrected chi connectivity index (χ0v) is 15.0. The lowest BCUT2D eigenvalue weighted by Gasteiger charge is -2.38. The first-order valence-corrected chi connectivity index (χ1v) is 9.45. The maximum absolute atomic E-state index is 13.1. The van der Waals surface area contributed by atoms with Crippen LogP contribution < -0.4 is 5.32 Å². The van der Waals surface area contributed by atoms with E-state index in [9.17, 15) is 14.3 Å². The molecular weight excluding hydrogens is 319 g/mol. The van der Waals surface area contributed by atoms with Crippen LogP contribution in [-0.2, 0) is 10.4 Å². The Morgan fingerprint density at radius 3 is 2.40 bits per heavy atom. The van der Waals surface area contributed by atoms with E-state index >= 15 is 0 Å². The van der Waals surface area contributed by atoms with Gasteiger partial charge in [0.15, 0.2) is 0 Å². The van der Waals surface area contributed by atoms with Gasteiger partial charge in [0.05, 0.1) is 12.1 Å². The number of nitrogens with zero attached hydrogens (tertiary/aromatic N) is 1. The molecule has 1 heterocycles. The Kier molecular flexibility index (Phi) is 5.74. The van der Waals surface area contributed by atoms with Crippen LogP contribution in [0.15, 0.2) is 24.3 Å². The number of hydrogen-bond acceptors (Lipinski definition) is 3. The van der Waals surface area contributed by atoms with E-state index in [0.717, 1.165) is 24.3 Å². The van der Waals surface area contributed by atoms with Crippen molar-refractivity contribution < 1.29 is 14.3 Å². The highest BCUT2D eigenvalue weighted by atomic mass is 19.1. The van der Waals surface area contributed by atoms with Gasteiger partial charge in [0.2, 0.25) is 5.91 Å². The van der Waals surface area contributed by atoms with Crippen LogP contribution in [0.5, 0.6) is 0 Å². The lowest BCUT2D eigenvalue weighted by atomic mass is 9.84. The number of rotatable bonds is 4. The Balaban J connectivity index is 1.45. The second-order valence-electron chi connectivity index (χ2n) is 7.84. The second kappa shape index (κ2) is 7.83. The molecule has 1 aromatic carbocycles. The summed E-state index contributed by atoms with van der Waals surface area (Å²) in [5, 5.41) is 14.0. The fraction of sp³-hybridized carbons (Fsp3) is 0.650. The minimum Gasteiger partial charge on any atom is -0.385 e. The zero-order valence-electron chi connectivity index (χ0n) is 15.0. The quantitative estimate of drug-likeness (QED) is 0.880. The van der Waals surface area contributed by atoms with Crippen molar-refractivity contribution in [1.29, 1.82) is 0 Å². The third-order valence-electron chi connectivity index (χ3n) is 5.81.